The molecule has 0 saturated heterocycles. The number of ether oxygens (including phenoxy) is 1. The van der Waals surface area contributed by atoms with Crippen LogP contribution >= 0.6 is 0 Å². The van der Waals surface area contributed by atoms with Gasteiger partial charge in [-0.2, -0.15) is 4.98 Å². The van der Waals surface area contributed by atoms with Gasteiger partial charge < -0.3 is 14.6 Å². The van der Waals surface area contributed by atoms with Crippen LogP contribution in [0.2, 0.25) is 0 Å². The summed E-state index contributed by atoms with van der Waals surface area (Å²) >= 11 is 0. The zero-order valence-electron chi connectivity index (χ0n) is 13.1. The molecule has 0 aliphatic heterocycles. The maximum absolute atomic E-state index is 11.7. The molecule has 7 nitrogen and oxygen atoms in total. The third-order valence-corrected chi connectivity index (χ3v) is 2.99. The number of rotatable bonds is 7. The SMILES string of the molecule is CC(C)c1noc(COC(=O)CNC(=O)Cc2ccccc2)n1. The van der Waals surface area contributed by atoms with E-state index in [-0.39, 0.29) is 37.3 Å². The summed E-state index contributed by atoms with van der Waals surface area (Å²) in [7, 11) is 0. The second-order valence-electron chi connectivity index (χ2n) is 5.30. The van der Waals surface area contributed by atoms with Gasteiger partial charge in [0, 0.05) is 5.92 Å². The lowest BCUT2D eigenvalue weighted by atomic mass is 10.1. The number of hydrogen-bond acceptors (Lipinski definition) is 6. The number of nitrogens with zero attached hydrogens (tertiary/aromatic N) is 2. The number of nitrogens with one attached hydrogen (secondary N) is 1. The maximum atomic E-state index is 11.7. The van der Waals surface area contributed by atoms with E-state index in [9.17, 15) is 9.59 Å². The number of amides is 1. The molecular formula is C16H19N3O4. The van der Waals surface area contributed by atoms with Gasteiger partial charge in [-0.1, -0.05) is 49.3 Å². The Balaban J connectivity index is 1.69. The number of aromatic nitrogens is 2. The van der Waals surface area contributed by atoms with Crippen LogP contribution in [0.15, 0.2) is 34.9 Å². The lowest BCUT2D eigenvalue weighted by Crippen LogP contribution is -2.31. The molecule has 1 heterocycles. The van der Waals surface area contributed by atoms with Crippen molar-refractivity contribution in [1.82, 2.24) is 15.5 Å². The van der Waals surface area contributed by atoms with Crippen molar-refractivity contribution in [2.45, 2.75) is 32.8 Å². The highest BCUT2D eigenvalue weighted by molar-refractivity contribution is 5.83. The Morgan fingerprint density at radius 3 is 2.65 bits per heavy atom. The van der Waals surface area contributed by atoms with Gasteiger partial charge in [-0.15, -0.1) is 0 Å². The lowest BCUT2D eigenvalue weighted by molar-refractivity contribution is -0.145. The van der Waals surface area contributed by atoms with E-state index in [1.807, 2.05) is 44.2 Å². The summed E-state index contributed by atoms with van der Waals surface area (Å²) in [6.45, 7) is 3.57. The van der Waals surface area contributed by atoms with Crippen LogP contribution in [0.5, 0.6) is 0 Å². The van der Waals surface area contributed by atoms with Crippen LogP contribution in [0.3, 0.4) is 0 Å². The van der Waals surface area contributed by atoms with E-state index in [0.717, 1.165) is 5.56 Å². The third kappa shape index (κ3) is 5.54. The molecule has 0 spiro atoms. The van der Waals surface area contributed by atoms with Crippen molar-refractivity contribution in [3.8, 4) is 0 Å². The summed E-state index contributed by atoms with van der Waals surface area (Å²) < 4.78 is 9.93. The van der Waals surface area contributed by atoms with Crippen molar-refractivity contribution in [1.29, 1.82) is 0 Å². The summed E-state index contributed by atoms with van der Waals surface area (Å²) in [4.78, 5) is 27.4. The van der Waals surface area contributed by atoms with Crippen LogP contribution in [-0.4, -0.2) is 28.6 Å². The molecule has 122 valence electrons. The Kier molecular flexibility index (Phi) is 5.85. The summed E-state index contributed by atoms with van der Waals surface area (Å²) in [6.07, 6.45) is 0.218. The van der Waals surface area contributed by atoms with Gasteiger partial charge in [-0.3, -0.25) is 9.59 Å². The minimum absolute atomic E-state index is 0.104. The van der Waals surface area contributed by atoms with Crippen LogP contribution in [0.1, 0.15) is 37.0 Å². The Morgan fingerprint density at radius 2 is 2.00 bits per heavy atom. The molecule has 0 bridgehead atoms. The second-order valence-corrected chi connectivity index (χ2v) is 5.30. The number of hydrogen-bond donors (Lipinski definition) is 1. The first-order valence-corrected chi connectivity index (χ1v) is 7.33. The van der Waals surface area contributed by atoms with Crippen molar-refractivity contribution in [3.05, 3.63) is 47.6 Å². The Bertz CT molecular complexity index is 652. The molecule has 2 rings (SSSR count). The minimum atomic E-state index is -0.560. The van der Waals surface area contributed by atoms with E-state index in [4.69, 9.17) is 9.26 Å². The van der Waals surface area contributed by atoms with Gasteiger partial charge in [0.2, 0.25) is 5.91 Å². The topological polar surface area (TPSA) is 94.3 Å². The second kappa shape index (κ2) is 8.07. The van der Waals surface area contributed by atoms with Gasteiger partial charge in [0.1, 0.15) is 6.54 Å². The molecule has 2 aromatic rings. The van der Waals surface area contributed by atoms with Gasteiger partial charge in [-0.25, -0.2) is 0 Å². The van der Waals surface area contributed by atoms with E-state index >= 15 is 0 Å². The van der Waals surface area contributed by atoms with Crippen LogP contribution < -0.4 is 5.32 Å². The highest BCUT2D eigenvalue weighted by Crippen LogP contribution is 2.10. The first kappa shape index (κ1) is 16.7. The van der Waals surface area contributed by atoms with Crippen LogP contribution in [-0.2, 0) is 27.4 Å². The molecule has 0 aliphatic rings. The monoisotopic (exact) mass is 317 g/mol. The highest BCUT2D eigenvalue weighted by Gasteiger charge is 2.12. The average molecular weight is 317 g/mol. The van der Waals surface area contributed by atoms with Crippen molar-refractivity contribution in [2.75, 3.05) is 6.54 Å². The molecule has 23 heavy (non-hydrogen) atoms. The Labute approximate surface area is 134 Å². The predicted molar refractivity (Wildman–Crippen MR) is 81.3 cm³/mol. The molecule has 0 aliphatic carbocycles. The van der Waals surface area contributed by atoms with E-state index in [2.05, 4.69) is 15.5 Å². The molecule has 1 N–H and O–H groups in total. The van der Waals surface area contributed by atoms with Crippen molar-refractivity contribution < 1.29 is 18.8 Å². The summed E-state index contributed by atoms with van der Waals surface area (Å²) in [5.74, 6) is 0.133. The van der Waals surface area contributed by atoms with Gasteiger partial charge in [0.05, 0.1) is 6.42 Å². The minimum Gasteiger partial charge on any atom is -0.454 e. The summed E-state index contributed by atoms with van der Waals surface area (Å²) in [6, 6.07) is 9.28. The van der Waals surface area contributed by atoms with Gasteiger partial charge in [-0.05, 0) is 5.56 Å². The molecule has 1 amide bonds. The fourth-order valence-corrected chi connectivity index (χ4v) is 1.77. The van der Waals surface area contributed by atoms with Gasteiger partial charge in [0.25, 0.3) is 5.89 Å². The Hall–Kier alpha value is -2.70. The van der Waals surface area contributed by atoms with E-state index in [0.29, 0.717) is 5.82 Å². The maximum Gasteiger partial charge on any atom is 0.325 e. The van der Waals surface area contributed by atoms with Crippen molar-refractivity contribution in [3.63, 3.8) is 0 Å². The van der Waals surface area contributed by atoms with Crippen molar-refractivity contribution >= 4 is 11.9 Å². The normalized spacial score (nSPS) is 10.6. The number of benzene rings is 1. The smallest absolute Gasteiger partial charge is 0.325 e. The number of carbonyl (C=O) groups excluding carboxylic acids is 2. The fourth-order valence-electron chi connectivity index (χ4n) is 1.77. The highest BCUT2D eigenvalue weighted by atomic mass is 16.6. The zero-order valence-corrected chi connectivity index (χ0v) is 13.1. The number of esters is 1. The van der Waals surface area contributed by atoms with Gasteiger partial charge in [0.15, 0.2) is 12.4 Å². The summed E-state index contributed by atoms with van der Waals surface area (Å²) in [5, 5.41) is 6.28. The van der Waals surface area contributed by atoms with Crippen LogP contribution in [0, 0.1) is 0 Å². The third-order valence-electron chi connectivity index (χ3n) is 2.99. The molecule has 0 unspecified atom stereocenters. The first-order valence-electron chi connectivity index (χ1n) is 7.33. The van der Waals surface area contributed by atoms with E-state index < -0.39 is 5.97 Å². The van der Waals surface area contributed by atoms with Gasteiger partial charge >= 0.3 is 5.97 Å². The molecular weight excluding hydrogens is 298 g/mol. The van der Waals surface area contributed by atoms with E-state index in [1.54, 1.807) is 0 Å². The molecule has 7 heteroatoms. The summed E-state index contributed by atoms with van der Waals surface area (Å²) in [5.41, 5.74) is 0.880. The molecule has 0 fully saturated rings. The van der Waals surface area contributed by atoms with E-state index in [1.165, 1.54) is 0 Å². The largest absolute Gasteiger partial charge is 0.454 e. The first-order chi connectivity index (χ1) is 11.0. The molecule has 0 saturated carbocycles. The lowest BCUT2D eigenvalue weighted by Gasteiger charge is -2.05. The standard InChI is InChI=1S/C16H19N3O4/c1-11(2)16-18-14(23-19-16)10-22-15(21)9-17-13(20)8-12-6-4-3-5-7-12/h3-7,11H,8-10H2,1-2H3,(H,17,20). The zero-order chi connectivity index (χ0) is 16.7. The van der Waals surface area contributed by atoms with Crippen LogP contribution in [0.4, 0.5) is 0 Å². The average Bonchev–Trinajstić information content (AvgIpc) is 3.01. The molecule has 0 atom stereocenters. The predicted octanol–water partition coefficient (Wildman–Crippen LogP) is 1.60. The molecule has 1 aromatic carbocycles. The fraction of sp³-hybridized carbons (Fsp3) is 0.375. The van der Waals surface area contributed by atoms with Crippen molar-refractivity contribution in [2.24, 2.45) is 0 Å². The van der Waals surface area contributed by atoms with Crippen LogP contribution in [0.25, 0.3) is 0 Å². The quantitative estimate of drug-likeness (QED) is 0.779. The number of carbonyl (C=O) groups is 2. The molecule has 0 radical (unpaired) electrons. The molecule has 1 aromatic heterocycles. The Morgan fingerprint density at radius 1 is 1.26 bits per heavy atom.